The second kappa shape index (κ2) is 6.22. The van der Waals surface area contributed by atoms with E-state index < -0.39 is 5.82 Å². The number of hydrogen-bond acceptors (Lipinski definition) is 3. The quantitative estimate of drug-likeness (QED) is 0.803. The molecule has 0 bridgehead atoms. The number of benzene rings is 2. The molecule has 2 aromatic carbocycles. The summed E-state index contributed by atoms with van der Waals surface area (Å²) in [5, 5.41) is 3.62. The summed E-state index contributed by atoms with van der Waals surface area (Å²) < 4.78 is 18.3. The van der Waals surface area contributed by atoms with Crippen molar-refractivity contribution in [1.82, 2.24) is 4.98 Å². The monoisotopic (exact) mass is 296 g/mol. The second-order valence-corrected chi connectivity index (χ2v) is 4.67. The molecular formula is C17H13FN2O2. The molecule has 4 nitrogen and oxygen atoms in total. The molecule has 22 heavy (non-hydrogen) atoms. The van der Waals surface area contributed by atoms with Gasteiger partial charge in [-0.2, -0.15) is 0 Å². The molecule has 0 radical (unpaired) electrons. The number of amides is 1. The van der Waals surface area contributed by atoms with Crippen LogP contribution >= 0.6 is 0 Å². The molecule has 0 aliphatic heterocycles. The largest absolute Gasteiger partial charge is 0.484 e. The van der Waals surface area contributed by atoms with Crippen LogP contribution < -0.4 is 10.1 Å². The van der Waals surface area contributed by atoms with Crippen molar-refractivity contribution in [3.05, 3.63) is 66.6 Å². The predicted molar refractivity (Wildman–Crippen MR) is 82.3 cm³/mol. The van der Waals surface area contributed by atoms with Gasteiger partial charge in [0.2, 0.25) is 0 Å². The van der Waals surface area contributed by atoms with Crippen LogP contribution in [-0.2, 0) is 4.79 Å². The molecule has 0 aliphatic carbocycles. The molecule has 0 fully saturated rings. The number of fused-ring (bicyclic) bond motifs is 1. The molecule has 0 unspecified atom stereocenters. The van der Waals surface area contributed by atoms with E-state index in [0.717, 1.165) is 10.9 Å². The number of ether oxygens (including phenoxy) is 1. The fraction of sp³-hybridized carbons (Fsp3) is 0.0588. The van der Waals surface area contributed by atoms with Gasteiger partial charge in [-0.1, -0.05) is 12.1 Å². The van der Waals surface area contributed by atoms with Crippen LogP contribution in [0.3, 0.4) is 0 Å². The van der Waals surface area contributed by atoms with E-state index in [1.165, 1.54) is 18.2 Å². The first-order chi connectivity index (χ1) is 10.7. The van der Waals surface area contributed by atoms with Crippen LogP contribution in [0.2, 0.25) is 0 Å². The minimum atomic E-state index is -0.405. The van der Waals surface area contributed by atoms with Gasteiger partial charge in [0.15, 0.2) is 6.61 Å². The zero-order chi connectivity index (χ0) is 15.4. The van der Waals surface area contributed by atoms with Crippen molar-refractivity contribution >= 4 is 22.5 Å². The Balaban J connectivity index is 1.68. The number of nitrogens with one attached hydrogen (secondary N) is 1. The van der Waals surface area contributed by atoms with E-state index in [9.17, 15) is 9.18 Å². The summed E-state index contributed by atoms with van der Waals surface area (Å²) in [5.74, 6) is -0.409. The lowest BCUT2D eigenvalue weighted by Gasteiger charge is -2.09. The maximum Gasteiger partial charge on any atom is 0.262 e. The van der Waals surface area contributed by atoms with Crippen molar-refractivity contribution in [2.24, 2.45) is 0 Å². The molecule has 1 aromatic heterocycles. The first-order valence-electron chi connectivity index (χ1n) is 6.74. The molecule has 0 saturated carbocycles. The van der Waals surface area contributed by atoms with E-state index in [0.29, 0.717) is 11.4 Å². The Morgan fingerprint density at radius 3 is 2.86 bits per heavy atom. The molecule has 3 rings (SSSR count). The van der Waals surface area contributed by atoms with Crippen LogP contribution in [0, 0.1) is 5.82 Å². The lowest BCUT2D eigenvalue weighted by atomic mass is 10.2. The highest BCUT2D eigenvalue weighted by Crippen LogP contribution is 2.21. The number of carbonyl (C=O) groups excluding carboxylic acids is 1. The summed E-state index contributed by atoms with van der Waals surface area (Å²) in [6, 6.07) is 14.8. The highest BCUT2D eigenvalue weighted by Gasteiger charge is 2.07. The molecule has 1 N–H and O–H groups in total. The standard InChI is InChI=1S/C17H13FN2O2/c18-12-4-1-5-13(10-12)22-11-17(21)20-16-8-2-7-15-14(16)6-3-9-19-15/h1-10H,11H2,(H,20,21). The van der Waals surface area contributed by atoms with Gasteiger partial charge in [0.25, 0.3) is 5.91 Å². The number of aromatic nitrogens is 1. The van der Waals surface area contributed by atoms with E-state index >= 15 is 0 Å². The normalized spacial score (nSPS) is 10.4. The third kappa shape index (κ3) is 3.20. The topological polar surface area (TPSA) is 51.2 Å². The van der Waals surface area contributed by atoms with Crippen LogP contribution in [0.25, 0.3) is 10.9 Å². The summed E-state index contributed by atoms with van der Waals surface area (Å²) in [7, 11) is 0. The van der Waals surface area contributed by atoms with Gasteiger partial charge in [0.1, 0.15) is 11.6 Å². The van der Waals surface area contributed by atoms with Gasteiger partial charge in [-0.05, 0) is 36.4 Å². The summed E-state index contributed by atoms with van der Waals surface area (Å²) in [6.45, 7) is -0.194. The maximum atomic E-state index is 13.0. The van der Waals surface area contributed by atoms with Gasteiger partial charge in [-0.25, -0.2) is 4.39 Å². The number of anilines is 1. The molecular weight excluding hydrogens is 283 g/mol. The van der Waals surface area contributed by atoms with E-state index in [1.807, 2.05) is 18.2 Å². The molecule has 3 aromatic rings. The molecule has 0 spiro atoms. The molecule has 5 heteroatoms. The van der Waals surface area contributed by atoms with E-state index in [4.69, 9.17) is 4.74 Å². The Bertz CT molecular complexity index is 815. The van der Waals surface area contributed by atoms with Gasteiger partial charge in [-0.15, -0.1) is 0 Å². The number of pyridine rings is 1. The van der Waals surface area contributed by atoms with Crippen molar-refractivity contribution in [2.75, 3.05) is 11.9 Å². The molecule has 0 saturated heterocycles. The number of carbonyl (C=O) groups is 1. The first-order valence-corrected chi connectivity index (χ1v) is 6.74. The lowest BCUT2D eigenvalue weighted by molar-refractivity contribution is -0.118. The van der Waals surface area contributed by atoms with Gasteiger partial charge in [-0.3, -0.25) is 9.78 Å². The van der Waals surface area contributed by atoms with Crippen LogP contribution in [0.4, 0.5) is 10.1 Å². The van der Waals surface area contributed by atoms with Crippen molar-refractivity contribution < 1.29 is 13.9 Å². The van der Waals surface area contributed by atoms with Crippen LogP contribution in [0.15, 0.2) is 60.8 Å². The van der Waals surface area contributed by atoms with E-state index in [1.54, 1.807) is 24.4 Å². The zero-order valence-electron chi connectivity index (χ0n) is 11.6. The Hall–Kier alpha value is -2.95. The Kier molecular flexibility index (Phi) is 3.96. The fourth-order valence-electron chi connectivity index (χ4n) is 2.10. The first kappa shape index (κ1) is 14.0. The second-order valence-electron chi connectivity index (χ2n) is 4.67. The molecule has 1 amide bonds. The van der Waals surface area contributed by atoms with Crippen LogP contribution in [0.1, 0.15) is 0 Å². The third-order valence-corrected chi connectivity index (χ3v) is 3.09. The number of rotatable bonds is 4. The van der Waals surface area contributed by atoms with E-state index in [2.05, 4.69) is 10.3 Å². The lowest BCUT2D eigenvalue weighted by Crippen LogP contribution is -2.20. The minimum absolute atomic E-state index is 0.194. The third-order valence-electron chi connectivity index (χ3n) is 3.09. The number of halogens is 1. The Morgan fingerprint density at radius 2 is 2.00 bits per heavy atom. The number of nitrogens with zero attached hydrogens (tertiary/aromatic N) is 1. The molecule has 0 atom stereocenters. The SMILES string of the molecule is O=C(COc1cccc(F)c1)Nc1cccc2ncccc12. The van der Waals surface area contributed by atoms with Gasteiger partial charge >= 0.3 is 0 Å². The summed E-state index contributed by atoms with van der Waals surface area (Å²) in [5.41, 5.74) is 1.46. The Morgan fingerprint density at radius 1 is 1.14 bits per heavy atom. The average molecular weight is 296 g/mol. The zero-order valence-corrected chi connectivity index (χ0v) is 11.6. The summed E-state index contributed by atoms with van der Waals surface area (Å²) in [4.78, 5) is 16.2. The molecule has 0 aliphatic rings. The fourth-order valence-corrected chi connectivity index (χ4v) is 2.10. The minimum Gasteiger partial charge on any atom is -0.484 e. The van der Waals surface area contributed by atoms with Gasteiger partial charge in [0.05, 0.1) is 11.2 Å². The van der Waals surface area contributed by atoms with Crippen molar-refractivity contribution in [3.63, 3.8) is 0 Å². The Labute approximate surface area is 126 Å². The number of hydrogen-bond donors (Lipinski definition) is 1. The smallest absolute Gasteiger partial charge is 0.262 e. The van der Waals surface area contributed by atoms with Crippen molar-refractivity contribution in [1.29, 1.82) is 0 Å². The van der Waals surface area contributed by atoms with Crippen molar-refractivity contribution in [2.45, 2.75) is 0 Å². The van der Waals surface area contributed by atoms with Gasteiger partial charge < -0.3 is 10.1 Å². The average Bonchev–Trinajstić information content (AvgIpc) is 2.53. The highest BCUT2D eigenvalue weighted by molar-refractivity contribution is 6.01. The summed E-state index contributed by atoms with van der Waals surface area (Å²) >= 11 is 0. The predicted octanol–water partition coefficient (Wildman–Crippen LogP) is 3.39. The van der Waals surface area contributed by atoms with Gasteiger partial charge in [0, 0.05) is 17.6 Å². The highest BCUT2D eigenvalue weighted by atomic mass is 19.1. The van der Waals surface area contributed by atoms with Crippen molar-refractivity contribution in [3.8, 4) is 5.75 Å². The maximum absolute atomic E-state index is 13.0. The van der Waals surface area contributed by atoms with Crippen LogP contribution in [-0.4, -0.2) is 17.5 Å². The van der Waals surface area contributed by atoms with Crippen LogP contribution in [0.5, 0.6) is 5.75 Å². The molecule has 110 valence electrons. The molecule has 1 heterocycles. The summed E-state index contributed by atoms with van der Waals surface area (Å²) in [6.07, 6.45) is 1.70. The van der Waals surface area contributed by atoms with E-state index in [-0.39, 0.29) is 12.5 Å².